The van der Waals surface area contributed by atoms with Gasteiger partial charge in [0.15, 0.2) is 0 Å². The molecule has 1 N–H and O–H groups in total. The number of carboxylic acids is 1. The maximum absolute atomic E-state index is 12.7. The van der Waals surface area contributed by atoms with Crippen LogP contribution in [0.25, 0.3) is 0 Å². The van der Waals surface area contributed by atoms with Gasteiger partial charge in [-0.25, -0.2) is 0 Å². The van der Waals surface area contributed by atoms with Gasteiger partial charge in [0.1, 0.15) is 6.10 Å². The van der Waals surface area contributed by atoms with Gasteiger partial charge in [0, 0.05) is 12.8 Å². The second-order valence-corrected chi connectivity index (χ2v) is 16.0. The van der Waals surface area contributed by atoms with Gasteiger partial charge in [0.05, 0.1) is 0 Å². The lowest BCUT2D eigenvalue weighted by Crippen LogP contribution is -2.18. The molecule has 0 bridgehead atoms. The van der Waals surface area contributed by atoms with Crippen molar-refractivity contribution in [2.45, 2.75) is 283 Å². The molecule has 50 heavy (non-hydrogen) atoms. The Morgan fingerprint density at radius 3 is 0.880 bits per heavy atom. The molecule has 0 aliphatic rings. The molecule has 0 aliphatic carbocycles. The van der Waals surface area contributed by atoms with Gasteiger partial charge in [-0.2, -0.15) is 0 Å². The largest absolute Gasteiger partial charge is 0.481 e. The van der Waals surface area contributed by atoms with Crippen molar-refractivity contribution in [3.8, 4) is 0 Å². The molecular weight excluding hydrogens is 617 g/mol. The van der Waals surface area contributed by atoms with Gasteiger partial charge in [-0.3, -0.25) is 9.59 Å². The number of ether oxygens (including phenoxy) is 1. The summed E-state index contributed by atoms with van der Waals surface area (Å²) in [5.74, 6) is -0.623. The lowest BCUT2D eigenvalue weighted by Gasteiger charge is -2.18. The van der Waals surface area contributed by atoms with Crippen LogP contribution in [-0.4, -0.2) is 23.1 Å². The van der Waals surface area contributed by atoms with Crippen LogP contribution in [0, 0.1) is 0 Å². The summed E-state index contributed by atoms with van der Waals surface area (Å²) in [6.07, 6.45) is 51.7. The zero-order chi connectivity index (χ0) is 36.4. The Bertz CT molecular complexity index is 677. The van der Waals surface area contributed by atoms with Gasteiger partial charge < -0.3 is 9.84 Å². The van der Waals surface area contributed by atoms with Gasteiger partial charge in [-0.15, -0.1) is 0 Å². The monoisotopic (exact) mass is 707 g/mol. The maximum atomic E-state index is 12.7. The minimum atomic E-state index is -0.669. The zero-order valence-electron chi connectivity index (χ0n) is 34.2. The van der Waals surface area contributed by atoms with Gasteiger partial charge in [-0.05, 0) is 38.5 Å². The number of esters is 1. The number of hydrogen-bond acceptors (Lipinski definition) is 3. The molecule has 0 rings (SSSR count). The van der Waals surface area contributed by atoms with E-state index in [1.165, 1.54) is 218 Å². The fraction of sp³-hybridized carbons (Fsp3) is 0.957. The Balaban J connectivity index is 3.72. The number of carbonyl (C=O) groups excluding carboxylic acids is 1. The van der Waals surface area contributed by atoms with Crippen molar-refractivity contribution >= 4 is 11.9 Å². The van der Waals surface area contributed by atoms with E-state index in [9.17, 15) is 9.59 Å². The first kappa shape index (κ1) is 48.9. The number of hydrogen-bond donors (Lipinski definition) is 1. The predicted octanol–water partition coefficient (Wildman–Crippen LogP) is 16.0. The van der Waals surface area contributed by atoms with Crippen molar-refractivity contribution in [3.63, 3.8) is 0 Å². The number of aliphatic carboxylic acids is 1. The molecule has 0 heterocycles. The molecule has 0 aromatic rings. The fourth-order valence-corrected chi connectivity index (χ4v) is 7.42. The van der Waals surface area contributed by atoms with Gasteiger partial charge in [0.2, 0.25) is 0 Å². The minimum absolute atomic E-state index is 0.0457. The van der Waals surface area contributed by atoms with E-state index in [0.29, 0.717) is 12.8 Å². The Morgan fingerprint density at radius 1 is 0.360 bits per heavy atom. The third-order valence-corrected chi connectivity index (χ3v) is 10.8. The van der Waals surface area contributed by atoms with Crippen molar-refractivity contribution in [3.05, 3.63) is 0 Å². The number of carbonyl (C=O) groups is 2. The standard InChI is InChI=1S/C46H90O4/c1-3-5-7-9-10-11-12-13-14-15-16-17-18-19-20-21-25-28-31-35-39-43-46(49)50-44(40-36-32-8-6-4-2)41-37-33-29-26-23-22-24-27-30-34-38-42-45(47)48/h44H,3-43H2,1-2H3,(H,47,48). The summed E-state index contributed by atoms with van der Waals surface area (Å²) in [4.78, 5) is 23.3. The van der Waals surface area contributed by atoms with Crippen LogP contribution in [-0.2, 0) is 14.3 Å². The van der Waals surface area contributed by atoms with Gasteiger partial charge >= 0.3 is 11.9 Å². The van der Waals surface area contributed by atoms with Crippen LogP contribution in [0.4, 0.5) is 0 Å². The molecule has 1 atom stereocenters. The molecule has 0 aromatic heterocycles. The second-order valence-electron chi connectivity index (χ2n) is 16.0. The Kier molecular flexibility index (Phi) is 41.5. The van der Waals surface area contributed by atoms with Crippen molar-refractivity contribution < 1.29 is 19.4 Å². The van der Waals surface area contributed by atoms with Gasteiger partial charge in [0.25, 0.3) is 0 Å². The highest BCUT2D eigenvalue weighted by molar-refractivity contribution is 5.69. The van der Waals surface area contributed by atoms with E-state index in [2.05, 4.69) is 13.8 Å². The van der Waals surface area contributed by atoms with Crippen molar-refractivity contribution in [1.82, 2.24) is 0 Å². The molecule has 298 valence electrons. The van der Waals surface area contributed by atoms with Crippen LogP contribution in [0.3, 0.4) is 0 Å². The molecule has 0 saturated heterocycles. The van der Waals surface area contributed by atoms with Crippen LogP contribution in [0.5, 0.6) is 0 Å². The van der Waals surface area contributed by atoms with E-state index in [-0.39, 0.29) is 12.1 Å². The molecular formula is C46H90O4. The third kappa shape index (κ3) is 41.4. The van der Waals surface area contributed by atoms with E-state index in [0.717, 1.165) is 32.1 Å². The summed E-state index contributed by atoms with van der Waals surface area (Å²) in [6, 6.07) is 0. The summed E-state index contributed by atoms with van der Waals surface area (Å²) in [5, 5.41) is 8.71. The highest BCUT2D eigenvalue weighted by atomic mass is 16.5. The quantitative estimate of drug-likeness (QED) is 0.0506. The van der Waals surface area contributed by atoms with Crippen LogP contribution in [0.15, 0.2) is 0 Å². The van der Waals surface area contributed by atoms with E-state index >= 15 is 0 Å². The van der Waals surface area contributed by atoms with Crippen LogP contribution < -0.4 is 0 Å². The fourth-order valence-electron chi connectivity index (χ4n) is 7.42. The summed E-state index contributed by atoms with van der Waals surface area (Å²) >= 11 is 0. The number of rotatable bonds is 43. The molecule has 0 radical (unpaired) electrons. The Labute approximate surface area is 313 Å². The summed E-state index contributed by atoms with van der Waals surface area (Å²) in [7, 11) is 0. The highest BCUT2D eigenvalue weighted by Gasteiger charge is 2.14. The molecule has 0 spiro atoms. The SMILES string of the molecule is CCCCCCCCCCCCCCCCCCCCCCCC(=O)OC(CCCCCCC)CCCCCCCCCCCCCC(=O)O. The van der Waals surface area contributed by atoms with E-state index in [1.807, 2.05) is 0 Å². The number of unbranched alkanes of at least 4 members (excludes halogenated alkanes) is 34. The summed E-state index contributed by atoms with van der Waals surface area (Å²) < 4.78 is 6.04. The van der Waals surface area contributed by atoms with E-state index < -0.39 is 5.97 Å². The molecule has 0 fully saturated rings. The molecule has 4 heteroatoms. The van der Waals surface area contributed by atoms with Crippen molar-refractivity contribution in [2.24, 2.45) is 0 Å². The van der Waals surface area contributed by atoms with Crippen molar-refractivity contribution in [1.29, 1.82) is 0 Å². The number of carboxylic acid groups (broad SMARTS) is 1. The average Bonchev–Trinajstić information content (AvgIpc) is 3.10. The Morgan fingerprint density at radius 2 is 0.600 bits per heavy atom. The lowest BCUT2D eigenvalue weighted by atomic mass is 10.0. The highest BCUT2D eigenvalue weighted by Crippen LogP contribution is 2.19. The van der Waals surface area contributed by atoms with Gasteiger partial charge in [-0.1, -0.05) is 226 Å². The van der Waals surface area contributed by atoms with Crippen molar-refractivity contribution in [2.75, 3.05) is 0 Å². The molecule has 4 nitrogen and oxygen atoms in total. The molecule has 0 saturated carbocycles. The van der Waals surface area contributed by atoms with Crippen LogP contribution in [0.2, 0.25) is 0 Å². The van der Waals surface area contributed by atoms with Crippen LogP contribution >= 0.6 is 0 Å². The van der Waals surface area contributed by atoms with Crippen LogP contribution in [0.1, 0.15) is 277 Å². The summed E-state index contributed by atoms with van der Waals surface area (Å²) in [5.41, 5.74) is 0. The second kappa shape index (κ2) is 42.4. The maximum Gasteiger partial charge on any atom is 0.306 e. The first-order valence-corrected chi connectivity index (χ1v) is 23.0. The molecule has 0 amide bonds. The molecule has 0 aromatic carbocycles. The lowest BCUT2D eigenvalue weighted by molar-refractivity contribution is -0.150. The minimum Gasteiger partial charge on any atom is -0.481 e. The Hall–Kier alpha value is -1.06. The summed E-state index contributed by atoms with van der Waals surface area (Å²) in [6.45, 7) is 4.56. The normalized spacial score (nSPS) is 12.0. The predicted molar refractivity (Wildman–Crippen MR) is 218 cm³/mol. The molecule has 0 aliphatic heterocycles. The molecule has 1 unspecified atom stereocenters. The average molecular weight is 707 g/mol. The first-order valence-electron chi connectivity index (χ1n) is 23.0. The third-order valence-electron chi connectivity index (χ3n) is 10.8. The smallest absolute Gasteiger partial charge is 0.306 e. The zero-order valence-corrected chi connectivity index (χ0v) is 34.2. The van der Waals surface area contributed by atoms with E-state index in [1.54, 1.807) is 0 Å². The topological polar surface area (TPSA) is 63.6 Å². The first-order chi connectivity index (χ1) is 24.6. The van der Waals surface area contributed by atoms with E-state index in [4.69, 9.17) is 9.84 Å².